The third-order valence-corrected chi connectivity index (χ3v) is 1.84. The van der Waals surface area contributed by atoms with Gasteiger partial charge in [0.25, 0.3) is 11.6 Å². The highest BCUT2D eigenvalue weighted by Gasteiger charge is 2.21. The number of tetrazole rings is 1. The van der Waals surface area contributed by atoms with E-state index in [-0.39, 0.29) is 11.8 Å². The Bertz CT molecular complexity index is 596. The van der Waals surface area contributed by atoms with Crippen molar-refractivity contribution in [2.24, 2.45) is 0 Å². The summed E-state index contributed by atoms with van der Waals surface area (Å²) in [6, 6.07) is 0.787. The van der Waals surface area contributed by atoms with Crippen LogP contribution >= 0.6 is 0 Å². The minimum atomic E-state index is -0.803. The van der Waals surface area contributed by atoms with E-state index >= 15 is 0 Å². The third kappa shape index (κ3) is 2.16. The van der Waals surface area contributed by atoms with E-state index in [0.717, 1.165) is 12.3 Å². The van der Waals surface area contributed by atoms with Crippen LogP contribution in [-0.4, -0.2) is 35.5 Å². The number of nitrogens with zero attached hydrogens (tertiary/aromatic N) is 6. The first-order valence-electron chi connectivity index (χ1n) is 4.37. The van der Waals surface area contributed by atoms with Gasteiger partial charge in [0.2, 0.25) is 5.82 Å². The zero-order chi connectivity index (χ0) is 13.1. The van der Waals surface area contributed by atoms with Crippen molar-refractivity contribution in [3.8, 4) is 0 Å². The van der Waals surface area contributed by atoms with E-state index in [1.807, 2.05) is 0 Å². The lowest BCUT2D eigenvalue weighted by atomic mass is 10.3. The van der Waals surface area contributed by atoms with Gasteiger partial charge in [-0.25, -0.2) is 4.98 Å². The Hall–Kier alpha value is -3.18. The Labute approximate surface area is 97.3 Å². The van der Waals surface area contributed by atoms with E-state index in [1.54, 1.807) is 0 Å². The van der Waals surface area contributed by atoms with Gasteiger partial charge in [-0.05, 0) is 5.21 Å². The normalized spacial score (nSPS) is 10.0. The summed E-state index contributed by atoms with van der Waals surface area (Å²) in [5.41, 5.74) is -1.05. The average molecular weight is 252 g/mol. The number of hydrogen-bond donors (Lipinski definition) is 2. The molecule has 0 amide bonds. The van der Waals surface area contributed by atoms with Crippen LogP contribution in [0, 0.1) is 20.2 Å². The quantitative estimate of drug-likeness (QED) is 0.568. The molecule has 12 heteroatoms. The average Bonchev–Trinajstić information content (AvgIpc) is 2.81. The van der Waals surface area contributed by atoms with Crippen molar-refractivity contribution >= 4 is 23.1 Å². The summed E-state index contributed by atoms with van der Waals surface area (Å²) in [6.07, 6.45) is 0.884. The highest BCUT2D eigenvalue weighted by atomic mass is 16.6. The van der Waals surface area contributed by atoms with Crippen LogP contribution in [0.4, 0.5) is 23.1 Å². The van der Waals surface area contributed by atoms with Crippen molar-refractivity contribution in [3.63, 3.8) is 0 Å². The molecule has 92 valence electrons. The van der Waals surface area contributed by atoms with Crippen LogP contribution in [0.15, 0.2) is 12.3 Å². The molecule has 0 aliphatic heterocycles. The molecule has 2 rings (SSSR count). The molecule has 0 atom stereocenters. The second-order valence-electron chi connectivity index (χ2n) is 2.94. The van der Waals surface area contributed by atoms with Crippen LogP contribution in [-0.2, 0) is 0 Å². The second-order valence-corrected chi connectivity index (χ2v) is 2.94. The molecule has 0 spiro atoms. The van der Waals surface area contributed by atoms with Crippen LogP contribution < -0.4 is 5.32 Å². The molecule has 2 aromatic rings. The largest absolute Gasteiger partial charge is 0.318 e. The van der Waals surface area contributed by atoms with Crippen molar-refractivity contribution in [3.05, 3.63) is 32.5 Å². The highest BCUT2D eigenvalue weighted by molar-refractivity contribution is 5.63. The van der Waals surface area contributed by atoms with Gasteiger partial charge in [0.1, 0.15) is 6.20 Å². The molecule has 0 saturated carbocycles. The maximum Gasteiger partial charge on any atom is 0.318 e. The predicted molar refractivity (Wildman–Crippen MR) is 55.0 cm³/mol. The maximum atomic E-state index is 10.8. The lowest BCUT2D eigenvalue weighted by Gasteiger charge is -2.00. The Kier molecular flexibility index (Phi) is 2.74. The van der Waals surface area contributed by atoms with Crippen molar-refractivity contribution in [2.75, 3.05) is 5.32 Å². The second kappa shape index (κ2) is 4.36. The topological polar surface area (TPSA) is 166 Å². The molecule has 0 radical (unpaired) electrons. The lowest BCUT2D eigenvalue weighted by Crippen LogP contribution is -2.02. The monoisotopic (exact) mass is 252 g/mol. The Morgan fingerprint density at radius 2 is 2.06 bits per heavy atom. The van der Waals surface area contributed by atoms with Crippen molar-refractivity contribution < 1.29 is 9.85 Å². The smallest absolute Gasteiger partial charge is 0.300 e. The van der Waals surface area contributed by atoms with Gasteiger partial charge in [0.15, 0.2) is 0 Å². The van der Waals surface area contributed by atoms with Crippen molar-refractivity contribution in [2.45, 2.75) is 0 Å². The van der Waals surface area contributed by atoms with E-state index in [0.29, 0.717) is 0 Å². The predicted octanol–water partition coefficient (Wildman–Crippen LogP) is 0.155. The van der Waals surface area contributed by atoms with Gasteiger partial charge < -0.3 is 5.32 Å². The molecule has 2 heterocycles. The summed E-state index contributed by atoms with van der Waals surface area (Å²) >= 11 is 0. The molecule has 0 aliphatic rings. The van der Waals surface area contributed by atoms with Gasteiger partial charge in [0.05, 0.1) is 15.9 Å². The summed E-state index contributed by atoms with van der Waals surface area (Å²) in [4.78, 5) is 23.2. The molecule has 0 bridgehead atoms. The van der Waals surface area contributed by atoms with Crippen molar-refractivity contribution in [1.82, 2.24) is 25.6 Å². The first-order chi connectivity index (χ1) is 8.58. The Morgan fingerprint density at radius 1 is 1.28 bits per heavy atom. The molecule has 18 heavy (non-hydrogen) atoms. The van der Waals surface area contributed by atoms with Crippen LogP contribution in [0.3, 0.4) is 0 Å². The summed E-state index contributed by atoms with van der Waals surface area (Å²) in [5, 5.41) is 36.1. The van der Waals surface area contributed by atoms with Gasteiger partial charge in [-0.3, -0.25) is 20.2 Å². The maximum absolute atomic E-state index is 10.8. The van der Waals surface area contributed by atoms with Gasteiger partial charge in [-0.1, -0.05) is 5.10 Å². The minimum Gasteiger partial charge on any atom is -0.300 e. The third-order valence-electron chi connectivity index (χ3n) is 1.84. The van der Waals surface area contributed by atoms with Crippen LogP contribution in [0.2, 0.25) is 0 Å². The Balaban J connectivity index is 2.40. The molecule has 12 nitrogen and oxygen atoms in total. The summed E-state index contributed by atoms with van der Waals surface area (Å²) in [5.74, 6) is -0.258. The molecule has 2 aromatic heterocycles. The number of anilines is 2. The van der Waals surface area contributed by atoms with E-state index in [9.17, 15) is 20.2 Å². The van der Waals surface area contributed by atoms with E-state index in [2.05, 4.69) is 30.9 Å². The van der Waals surface area contributed by atoms with Gasteiger partial charge in [0, 0.05) is 0 Å². The zero-order valence-electron chi connectivity index (χ0n) is 8.47. The summed E-state index contributed by atoms with van der Waals surface area (Å²) in [7, 11) is 0. The fourth-order valence-corrected chi connectivity index (χ4v) is 1.10. The summed E-state index contributed by atoms with van der Waals surface area (Å²) < 4.78 is 0. The molecule has 0 saturated heterocycles. The van der Waals surface area contributed by atoms with Crippen LogP contribution in [0.5, 0.6) is 0 Å². The zero-order valence-corrected chi connectivity index (χ0v) is 8.47. The molecule has 0 aliphatic carbocycles. The fourth-order valence-electron chi connectivity index (χ4n) is 1.10. The van der Waals surface area contributed by atoms with Crippen molar-refractivity contribution in [1.29, 1.82) is 0 Å². The first-order valence-corrected chi connectivity index (χ1v) is 4.37. The number of hydrogen-bond acceptors (Lipinski definition) is 9. The number of rotatable bonds is 4. The van der Waals surface area contributed by atoms with Gasteiger partial charge >= 0.3 is 5.69 Å². The minimum absolute atomic E-state index is 0.0422. The SMILES string of the molecule is O=[N+]([O-])c1cnc(Nc2nn[nH]n2)c([N+](=O)[O-])c1. The lowest BCUT2D eigenvalue weighted by molar-refractivity contribution is -0.394. The van der Waals surface area contributed by atoms with E-state index < -0.39 is 21.2 Å². The van der Waals surface area contributed by atoms with Crippen LogP contribution in [0.25, 0.3) is 0 Å². The number of nitrogens with one attached hydrogen (secondary N) is 2. The van der Waals surface area contributed by atoms with Gasteiger partial charge in [-0.2, -0.15) is 5.21 Å². The number of nitro groups is 2. The molecule has 0 aromatic carbocycles. The number of H-pyrrole nitrogens is 1. The van der Waals surface area contributed by atoms with E-state index in [4.69, 9.17) is 0 Å². The van der Waals surface area contributed by atoms with Gasteiger partial charge in [-0.15, -0.1) is 5.10 Å². The molecular formula is C6H4N8O4. The standard InChI is InChI=1S/C6H4N8O4/c15-13(16)3-1-4(14(17)18)5(7-2-3)8-6-9-11-12-10-6/h1-2H,(H2,7,8,9,10,11,12). The molecule has 2 N–H and O–H groups in total. The Morgan fingerprint density at radius 3 is 2.61 bits per heavy atom. The summed E-state index contributed by atoms with van der Waals surface area (Å²) in [6.45, 7) is 0. The molecule has 0 unspecified atom stereocenters. The molecule has 0 fully saturated rings. The van der Waals surface area contributed by atoms with E-state index in [1.165, 1.54) is 0 Å². The fraction of sp³-hybridized carbons (Fsp3) is 0. The molecular weight excluding hydrogens is 248 g/mol. The number of pyridine rings is 1. The highest BCUT2D eigenvalue weighted by Crippen LogP contribution is 2.27. The number of aromatic nitrogens is 5. The number of aromatic amines is 1. The van der Waals surface area contributed by atoms with Crippen LogP contribution in [0.1, 0.15) is 0 Å². The first kappa shape index (κ1) is 11.3.